The van der Waals surface area contributed by atoms with E-state index in [2.05, 4.69) is 64.5 Å². The first-order valence-corrected chi connectivity index (χ1v) is 13.7. The molecule has 2 saturated carbocycles. The zero-order valence-corrected chi connectivity index (χ0v) is 22.4. The number of urea groups is 1. The number of nitrogens with zero attached hydrogens (tertiary/aromatic N) is 6. The Balaban J connectivity index is 1.33. The number of hydrogen-bond donors (Lipinski definition) is 0. The van der Waals surface area contributed by atoms with Crippen LogP contribution < -0.4 is 0 Å². The Hall–Kier alpha value is -2.94. The average molecular weight is 509 g/mol. The first-order valence-electron chi connectivity index (χ1n) is 13.7. The van der Waals surface area contributed by atoms with E-state index in [1.54, 1.807) is 13.1 Å². The molecule has 200 valence electrons. The van der Waals surface area contributed by atoms with Crippen molar-refractivity contribution in [3.8, 4) is 0 Å². The minimum absolute atomic E-state index is 0.0130. The van der Waals surface area contributed by atoms with Crippen LogP contribution in [-0.4, -0.2) is 81.0 Å². The Morgan fingerprint density at radius 2 is 1.86 bits per heavy atom. The van der Waals surface area contributed by atoms with Crippen LogP contribution in [0, 0.1) is 5.92 Å². The van der Waals surface area contributed by atoms with Gasteiger partial charge in [0.1, 0.15) is 12.2 Å². The molecule has 0 radical (unpaired) electrons. The SMILES string of the molecule is CCOC(=O)Cn1cc(CN2CC3(CCC(c4ccccc4)(N(C)C)CC3)N(CC3CCC3)C2=O)nn1. The standard InChI is InChI=1S/C28H40N6O3/c1-4-37-25(35)20-33-19-24(29-30-33)18-32-21-27(34(26(32)36)17-22-9-8-10-22)13-15-28(16-14-27,31(2)3)23-11-6-5-7-12-23/h5-7,11-12,19,22H,4,8-10,13-18,20-21H2,1-3H3. The van der Waals surface area contributed by atoms with Crippen LogP contribution in [0.4, 0.5) is 4.79 Å². The number of benzene rings is 1. The van der Waals surface area contributed by atoms with E-state index >= 15 is 0 Å². The number of hydrogen-bond acceptors (Lipinski definition) is 6. The summed E-state index contributed by atoms with van der Waals surface area (Å²) >= 11 is 0. The topological polar surface area (TPSA) is 83.8 Å². The van der Waals surface area contributed by atoms with Crippen LogP contribution >= 0.6 is 0 Å². The molecule has 0 bridgehead atoms. The van der Waals surface area contributed by atoms with E-state index < -0.39 is 0 Å². The lowest BCUT2D eigenvalue weighted by atomic mass is 9.68. The smallest absolute Gasteiger partial charge is 0.327 e. The summed E-state index contributed by atoms with van der Waals surface area (Å²) in [6.45, 7) is 4.11. The van der Waals surface area contributed by atoms with Crippen LogP contribution in [0.5, 0.6) is 0 Å². The first-order chi connectivity index (χ1) is 17.8. The van der Waals surface area contributed by atoms with E-state index in [4.69, 9.17) is 4.74 Å². The fourth-order valence-corrected chi connectivity index (χ4v) is 6.53. The van der Waals surface area contributed by atoms with Crippen molar-refractivity contribution in [1.29, 1.82) is 0 Å². The quantitative estimate of drug-likeness (QED) is 0.481. The number of carbonyl (C=O) groups is 2. The van der Waals surface area contributed by atoms with Crippen LogP contribution in [0.25, 0.3) is 0 Å². The molecule has 3 fully saturated rings. The number of carbonyl (C=O) groups excluding carboxylic acids is 2. The molecule has 1 spiro atoms. The van der Waals surface area contributed by atoms with Gasteiger partial charge in [-0.05, 0) is 71.0 Å². The van der Waals surface area contributed by atoms with E-state index in [1.165, 1.54) is 29.5 Å². The molecule has 2 aromatic rings. The molecule has 3 aliphatic rings. The molecular formula is C28H40N6O3. The second-order valence-electron chi connectivity index (χ2n) is 11.3. The lowest BCUT2D eigenvalue weighted by molar-refractivity contribution is -0.144. The molecule has 2 heterocycles. The highest BCUT2D eigenvalue weighted by Crippen LogP contribution is 2.49. The van der Waals surface area contributed by atoms with Gasteiger partial charge in [-0.1, -0.05) is 42.0 Å². The molecule has 1 saturated heterocycles. The van der Waals surface area contributed by atoms with Gasteiger partial charge in [-0.2, -0.15) is 0 Å². The summed E-state index contributed by atoms with van der Waals surface area (Å²) in [5, 5.41) is 8.33. The van der Waals surface area contributed by atoms with Gasteiger partial charge >= 0.3 is 12.0 Å². The molecule has 1 aromatic carbocycles. The number of amides is 2. The molecule has 0 N–H and O–H groups in total. The molecule has 0 unspecified atom stereocenters. The number of aromatic nitrogens is 3. The van der Waals surface area contributed by atoms with Crippen molar-refractivity contribution in [1.82, 2.24) is 29.7 Å². The Bertz CT molecular complexity index is 1090. The van der Waals surface area contributed by atoms with Crippen LogP contribution in [0.15, 0.2) is 36.5 Å². The first kappa shape index (κ1) is 25.7. The van der Waals surface area contributed by atoms with Crippen molar-refractivity contribution < 1.29 is 14.3 Å². The molecule has 9 nitrogen and oxygen atoms in total. The molecule has 5 rings (SSSR count). The predicted molar refractivity (Wildman–Crippen MR) is 140 cm³/mol. The van der Waals surface area contributed by atoms with Crippen molar-refractivity contribution in [2.45, 2.75) is 76.0 Å². The highest BCUT2D eigenvalue weighted by atomic mass is 16.5. The van der Waals surface area contributed by atoms with Gasteiger partial charge in [0, 0.05) is 18.6 Å². The lowest BCUT2D eigenvalue weighted by Crippen LogP contribution is -2.56. The highest BCUT2D eigenvalue weighted by molar-refractivity contribution is 5.78. The van der Waals surface area contributed by atoms with Gasteiger partial charge in [-0.25, -0.2) is 9.48 Å². The van der Waals surface area contributed by atoms with E-state index in [0.29, 0.717) is 31.3 Å². The maximum Gasteiger partial charge on any atom is 0.327 e. The van der Waals surface area contributed by atoms with Crippen molar-refractivity contribution in [2.75, 3.05) is 33.8 Å². The fraction of sp³-hybridized carbons (Fsp3) is 0.643. The van der Waals surface area contributed by atoms with Crippen molar-refractivity contribution >= 4 is 12.0 Å². The van der Waals surface area contributed by atoms with Gasteiger partial charge in [-0.3, -0.25) is 9.69 Å². The molecule has 1 aliphatic heterocycles. The van der Waals surface area contributed by atoms with E-state index in [9.17, 15) is 9.59 Å². The zero-order chi connectivity index (χ0) is 26.0. The summed E-state index contributed by atoms with van der Waals surface area (Å²) in [6, 6.07) is 10.9. The number of ether oxygens (including phenoxy) is 1. The Morgan fingerprint density at radius 1 is 1.14 bits per heavy atom. The van der Waals surface area contributed by atoms with E-state index in [1.807, 2.05) is 4.90 Å². The maximum atomic E-state index is 13.8. The maximum absolute atomic E-state index is 13.8. The van der Waals surface area contributed by atoms with Crippen LogP contribution in [0.2, 0.25) is 0 Å². The van der Waals surface area contributed by atoms with Gasteiger partial charge in [0.15, 0.2) is 0 Å². The summed E-state index contributed by atoms with van der Waals surface area (Å²) in [6.07, 6.45) is 9.43. The molecular weight excluding hydrogens is 468 g/mol. The largest absolute Gasteiger partial charge is 0.465 e. The highest BCUT2D eigenvalue weighted by Gasteiger charge is 2.54. The Morgan fingerprint density at radius 3 is 2.49 bits per heavy atom. The minimum atomic E-state index is -0.341. The van der Waals surface area contributed by atoms with Gasteiger partial charge in [0.2, 0.25) is 0 Å². The van der Waals surface area contributed by atoms with Crippen LogP contribution in [0.3, 0.4) is 0 Å². The van der Waals surface area contributed by atoms with Crippen molar-refractivity contribution in [3.63, 3.8) is 0 Å². The monoisotopic (exact) mass is 508 g/mol. The van der Waals surface area contributed by atoms with Crippen LogP contribution in [-0.2, 0) is 28.2 Å². The molecule has 9 heteroatoms. The average Bonchev–Trinajstić information content (AvgIpc) is 3.39. The summed E-state index contributed by atoms with van der Waals surface area (Å²) < 4.78 is 6.50. The zero-order valence-electron chi connectivity index (χ0n) is 22.4. The molecule has 2 amide bonds. The van der Waals surface area contributed by atoms with Gasteiger partial charge in [0.25, 0.3) is 0 Å². The number of rotatable bonds is 9. The fourth-order valence-electron chi connectivity index (χ4n) is 6.53. The Labute approximate surface area is 219 Å². The molecule has 37 heavy (non-hydrogen) atoms. The van der Waals surface area contributed by atoms with Gasteiger partial charge in [0.05, 0.1) is 24.9 Å². The van der Waals surface area contributed by atoms with E-state index in [0.717, 1.165) is 32.2 Å². The minimum Gasteiger partial charge on any atom is -0.465 e. The van der Waals surface area contributed by atoms with Gasteiger partial charge < -0.3 is 14.5 Å². The molecule has 2 aliphatic carbocycles. The summed E-state index contributed by atoms with van der Waals surface area (Å²) in [5.41, 5.74) is 1.89. The summed E-state index contributed by atoms with van der Waals surface area (Å²) in [7, 11) is 4.37. The normalized spacial score (nSPS) is 26.2. The Kier molecular flexibility index (Phi) is 7.25. The predicted octanol–water partition coefficient (Wildman–Crippen LogP) is 3.65. The van der Waals surface area contributed by atoms with E-state index in [-0.39, 0.29) is 29.6 Å². The summed E-state index contributed by atoms with van der Waals surface area (Å²) in [4.78, 5) is 32.2. The number of esters is 1. The molecule has 1 aromatic heterocycles. The third-order valence-corrected chi connectivity index (χ3v) is 8.94. The third-order valence-electron chi connectivity index (χ3n) is 8.94. The van der Waals surface area contributed by atoms with Crippen molar-refractivity contribution in [3.05, 3.63) is 47.8 Å². The summed E-state index contributed by atoms with van der Waals surface area (Å²) in [5.74, 6) is 0.271. The van der Waals surface area contributed by atoms with Crippen molar-refractivity contribution in [2.24, 2.45) is 5.92 Å². The second kappa shape index (κ2) is 10.4. The molecule has 0 atom stereocenters. The van der Waals surface area contributed by atoms with Crippen LogP contribution in [0.1, 0.15) is 63.1 Å². The second-order valence-corrected chi connectivity index (χ2v) is 11.3. The third kappa shape index (κ3) is 4.98. The lowest BCUT2D eigenvalue weighted by Gasteiger charge is -2.51. The van der Waals surface area contributed by atoms with Gasteiger partial charge in [-0.15, -0.1) is 5.10 Å².